The molecule has 0 aromatic heterocycles. The highest BCUT2D eigenvalue weighted by molar-refractivity contribution is 5.75. The van der Waals surface area contributed by atoms with E-state index in [-0.39, 0.29) is 24.1 Å². The fourth-order valence-electron chi connectivity index (χ4n) is 2.33. The Hall–Kier alpha value is -1.30. The second kappa shape index (κ2) is 7.64. The summed E-state index contributed by atoms with van der Waals surface area (Å²) in [5, 5.41) is 3.31. The highest BCUT2D eigenvalue weighted by Crippen LogP contribution is 2.16. The standard InChI is InChI=1S/C15H28N2O4/c1-6-12(13(18)20-5)16-11-7-9-17(10-8-11)14(19)21-15(2,3)4/h11-12,16H,6-10H2,1-5H3. The lowest BCUT2D eigenvalue weighted by atomic mass is 10.0. The molecule has 1 N–H and O–H groups in total. The summed E-state index contributed by atoms with van der Waals surface area (Å²) in [5.74, 6) is -0.230. The van der Waals surface area contributed by atoms with Crippen LogP contribution < -0.4 is 5.32 Å². The van der Waals surface area contributed by atoms with Gasteiger partial charge in [-0.3, -0.25) is 4.79 Å². The van der Waals surface area contributed by atoms with E-state index in [0.717, 1.165) is 12.8 Å². The van der Waals surface area contributed by atoms with Crippen molar-refractivity contribution in [1.82, 2.24) is 10.2 Å². The van der Waals surface area contributed by atoms with E-state index in [1.807, 2.05) is 27.7 Å². The lowest BCUT2D eigenvalue weighted by molar-refractivity contribution is -0.143. The van der Waals surface area contributed by atoms with Crippen molar-refractivity contribution in [1.29, 1.82) is 0 Å². The average molecular weight is 300 g/mol. The third kappa shape index (κ3) is 5.91. The second-order valence-electron chi connectivity index (χ2n) is 6.39. The van der Waals surface area contributed by atoms with Gasteiger partial charge in [0.15, 0.2) is 0 Å². The van der Waals surface area contributed by atoms with E-state index in [0.29, 0.717) is 19.5 Å². The van der Waals surface area contributed by atoms with Gasteiger partial charge in [0.2, 0.25) is 0 Å². The minimum absolute atomic E-state index is 0.229. The van der Waals surface area contributed by atoms with Crippen molar-refractivity contribution in [3.63, 3.8) is 0 Å². The van der Waals surface area contributed by atoms with Gasteiger partial charge in [-0.25, -0.2) is 4.79 Å². The molecule has 1 fully saturated rings. The van der Waals surface area contributed by atoms with Crippen LogP contribution in [-0.4, -0.2) is 54.8 Å². The molecular formula is C15H28N2O4. The Morgan fingerprint density at radius 3 is 2.29 bits per heavy atom. The number of methoxy groups -OCH3 is 1. The third-order valence-corrected chi connectivity index (χ3v) is 3.48. The number of esters is 1. The summed E-state index contributed by atoms with van der Waals surface area (Å²) in [5.41, 5.74) is -0.468. The molecule has 0 radical (unpaired) electrons. The first-order chi connectivity index (χ1) is 9.76. The van der Waals surface area contributed by atoms with Crippen LogP contribution in [0.5, 0.6) is 0 Å². The molecule has 1 aliphatic heterocycles. The van der Waals surface area contributed by atoms with Crippen LogP contribution in [0, 0.1) is 0 Å². The quantitative estimate of drug-likeness (QED) is 0.804. The van der Waals surface area contributed by atoms with Crippen molar-refractivity contribution in [2.75, 3.05) is 20.2 Å². The highest BCUT2D eigenvalue weighted by atomic mass is 16.6. The van der Waals surface area contributed by atoms with Gasteiger partial charge >= 0.3 is 12.1 Å². The molecular weight excluding hydrogens is 272 g/mol. The van der Waals surface area contributed by atoms with Crippen molar-refractivity contribution in [2.45, 2.75) is 64.6 Å². The van der Waals surface area contributed by atoms with Gasteiger partial charge in [0.05, 0.1) is 7.11 Å². The Balaban J connectivity index is 2.41. The predicted octanol–water partition coefficient (Wildman–Crippen LogP) is 1.93. The van der Waals surface area contributed by atoms with Crippen LogP contribution >= 0.6 is 0 Å². The Morgan fingerprint density at radius 2 is 1.86 bits per heavy atom. The summed E-state index contributed by atoms with van der Waals surface area (Å²) < 4.78 is 10.1. The SMILES string of the molecule is CCC(NC1CCN(C(=O)OC(C)(C)C)CC1)C(=O)OC. The number of carbonyl (C=O) groups excluding carboxylic acids is 2. The van der Waals surface area contributed by atoms with E-state index in [4.69, 9.17) is 9.47 Å². The lowest BCUT2D eigenvalue weighted by Gasteiger charge is -2.34. The fraction of sp³-hybridized carbons (Fsp3) is 0.867. The number of hydrogen-bond acceptors (Lipinski definition) is 5. The molecule has 1 aliphatic rings. The van der Waals surface area contributed by atoms with Gasteiger partial charge in [0.1, 0.15) is 11.6 Å². The molecule has 1 rings (SSSR count). The molecule has 1 atom stereocenters. The van der Waals surface area contributed by atoms with Gasteiger partial charge in [-0.05, 0) is 40.0 Å². The summed E-state index contributed by atoms with van der Waals surface area (Å²) in [4.78, 5) is 25.3. The summed E-state index contributed by atoms with van der Waals surface area (Å²) >= 11 is 0. The van der Waals surface area contributed by atoms with Crippen LogP contribution in [0.15, 0.2) is 0 Å². The summed E-state index contributed by atoms with van der Waals surface area (Å²) in [6.07, 6.45) is 2.05. The number of piperidine rings is 1. The molecule has 1 saturated heterocycles. The predicted molar refractivity (Wildman–Crippen MR) is 80.1 cm³/mol. The summed E-state index contributed by atoms with van der Waals surface area (Å²) in [6.45, 7) is 8.82. The van der Waals surface area contributed by atoms with E-state index < -0.39 is 5.60 Å². The van der Waals surface area contributed by atoms with E-state index >= 15 is 0 Å². The monoisotopic (exact) mass is 300 g/mol. The van der Waals surface area contributed by atoms with Crippen LogP contribution in [0.1, 0.15) is 47.0 Å². The number of rotatable bonds is 4. The molecule has 0 spiro atoms. The summed E-state index contributed by atoms with van der Waals surface area (Å²) in [6, 6.07) is -0.0409. The maximum Gasteiger partial charge on any atom is 0.410 e. The van der Waals surface area contributed by atoms with Crippen molar-refractivity contribution in [3.8, 4) is 0 Å². The topological polar surface area (TPSA) is 67.9 Å². The Labute approximate surface area is 127 Å². The zero-order valence-corrected chi connectivity index (χ0v) is 13.8. The Bertz CT molecular complexity index is 357. The van der Waals surface area contributed by atoms with Crippen LogP contribution in [0.4, 0.5) is 4.79 Å². The molecule has 0 bridgehead atoms. The molecule has 0 aliphatic carbocycles. The number of hydrogen-bond donors (Lipinski definition) is 1. The van der Waals surface area contributed by atoms with Crippen LogP contribution in [0.2, 0.25) is 0 Å². The highest BCUT2D eigenvalue weighted by Gasteiger charge is 2.28. The van der Waals surface area contributed by atoms with Crippen molar-refractivity contribution >= 4 is 12.1 Å². The molecule has 6 nitrogen and oxygen atoms in total. The number of likely N-dealkylation sites (tertiary alicyclic amines) is 1. The van der Waals surface area contributed by atoms with Crippen LogP contribution in [0.25, 0.3) is 0 Å². The van der Waals surface area contributed by atoms with E-state index in [9.17, 15) is 9.59 Å². The first-order valence-corrected chi connectivity index (χ1v) is 7.58. The lowest BCUT2D eigenvalue weighted by Crippen LogP contribution is -2.50. The number of ether oxygens (including phenoxy) is 2. The number of amides is 1. The van der Waals surface area contributed by atoms with Gasteiger partial charge in [-0.1, -0.05) is 6.92 Å². The fourth-order valence-corrected chi connectivity index (χ4v) is 2.33. The zero-order chi connectivity index (χ0) is 16.0. The number of nitrogens with one attached hydrogen (secondary N) is 1. The van der Waals surface area contributed by atoms with Gasteiger partial charge in [-0.15, -0.1) is 0 Å². The zero-order valence-electron chi connectivity index (χ0n) is 13.8. The van der Waals surface area contributed by atoms with Crippen LogP contribution in [0.3, 0.4) is 0 Å². The molecule has 1 amide bonds. The third-order valence-electron chi connectivity index (χ3n) is 3.48. The Morgan fingerprint density at radius 1 is 1.29 bits per heavy atom. The normalized spacial score (nSPS) is 18.2. The van der Waals surface area contributed by atoms with Gasteiger partial charge in [-0.2, -0.15) is 0 Å². The van der Waals surface area contributed by atoms with Crippen molar-refractivity contribution in [2.24, 2.45) is 0 Å². The molecule has 1 heterocycles. The number of carbonyl (C=O) groups is 2. The first-order valence-electron chi connectivity index (χ1n) is 7.58. The van der Waals surface area contributed by atoms with E-state index in [1.165, 1.54) is 7.11 Å². The smallest absolute Gasteiger partial charge is 0.410 e. The molecule has 1 unspecified atom stereocenters. The van der Waals surface area contributed by atoms with Crippen molar-refractivity contribution in [3.05, 3.63) is 0 Å². The molecule has 6 heteroatoms. The molecule has 0 aromatic carbocycles. The summed E-state index contributed by atoms with van der Waals surface area (Å²) in [7, 11) is 1.40. The average Bonchev–Trinajstić information content (AvgIpc) is 2.42. The maximum absolute atomic E-state index is 12.0. The Kier molecular flexibility index (Phi) is 6.45. The van der Waals surface area contributed by atoms with E-state index in [1.54, 1.807) is 4.90 Å². The molecule has 21 heavy (non-hydrogen) atoms. The number of nitrogens with zero attached hydrogens (tertiary/aromatic N) is 1. The van der Waals surface area contributed by atoms with Crippen LogP contribution in [-0.2, 0) is 14.3 Å². The minimum Gasteiger partial charge on any atom is -0.468 e. The van der Waals surface area contributed by atoms with Crippen molar-refractivity contribution < 1.29 is 19.1 Å². The maximum atomic E-state index is 12.0. The van der Waals surface area contributed by atoms with E-state index in [2.05, 4.69) is 5.32 Å². The molecule has 122 valence electrons. The largest absolute Gasteiger partial charge is 0.468 e. The minimum atomic E-state index is -0.468. The molecule has 0 aromatic rings. The van der Waals surface area contributed by atoms with Gasteiger partial charge in [0.25, 0.3) is 0 Å². The molecule has 0 saturated carbocycles. The van der Waals surface area contributed by atoms with Gasteiger partial charge < -0.3 is 19.7 Å². The second-order valence-corrected chi connectivity index (χ2v) is 6.39. The first kappa shape index (κ1) is 17.8. The van der Waals surface area contributed by atoms with Gasteiger partial charge in [0, 0.05) is 19.1 Å².